The standard InChI is InChI=1S/C9H12O4/c1-12-7-3-6(5-10)4-8(13-2)9(7)11/h3,5,8,10H,4H2,1-2H3. The first-order chi connectivity index (χ1) is 6.22. The Balaban J connectivity index is 2.94. The molecule has 0 amide bonds. The molecule has 0 saturated carbocycles. The van der Waals surface area contributed by atoms with Crippen LogP contribution in [-0.2, 0) is 14.3 Å². The van der Waals surface area contributed by atoms with E-state index in [1.165, 1.54) is 20.3 Å². The topological polar surface area (TPSA) is 55.8 Å². The van der Waals surface area contributed by atoms with Crippen LogP contribution in [0.4, 0.5) is 0 Å². The Morgan fingerprint density at radius 2 is 2.31 bits per heavy atom. The smallest absolute Gasteiger partial charge is 0.226 e. The summed E-state index contributed by atoms with van der Waals surface area (Å²) in [6, 6.07) is 0. The molecule has 0 aromatic carbocycles. The highest BCUT2D eigenvalue weighted by Gasteiger charge is 2.28. The minimum Gasteiger partial charge on any atom is -0.515 e. The second-order valence-corrected chi connectivity index (χ2v) is 2.71. The Morgan fingerprint density at radius 1 is 1.62 bits per heavy atom. The number of hydrogen-bond donors (Lipinski definition) is 1. The maximum absolute atomic E-state index is 11.4. The Labute approximate surface area is 76.5 Å². The lowest BCUT2D eigenvalue weighted by molar-refractivity contribution is -0.128. The van der Waals surface area contributed by atoms with E-state index in [1.807, 2.05) is 0 Å². The normalized spacial score (nSPS) is 26.0. The third-order valence-electron chi connectivity index (χ3n) is 1.94. The van der Waals surface area contributed by atoms with Crippen LogP contribution in [-0.4, -0.2) is 31.2 Å². The molecule has 0 aliphatic heterocycles. The average Bonchev–Trinajstić information content (AvgIpc) is 2.18. The number of aliphatic hydroxyl groups is 1. The van der Waals surface area contributed by atoms with Gasteiger partial charge in [-0.05, 0) is 11.6 Å². The molecule has 1 unspecified atom stereocenters. The van der Waals surface area contributed by atoms with E-state index in [4.69, 9.17) is 14.6 Å². The molecule has 13 heavy (non-hydrogen) atoms. The summed E-state index contributed by atoms with van der Waals surface area (Å²) in [4.78, 5) is 11.4. The van der Waals surface area contributed by atoms with E-state index in [2.05, 4.69) is 0 Å². The fourth-order valence-corrected chi connectivity index (χ4v) is 1.20. The van der Waals surface area contributed by atoms with Crippen LogP contribution in [0.5, 0.6) is 0 Å². The molecule has 72 valence electrons. The first kappa shape index (κ1) is 9.80. The molecule has 0 bridgehead atoms. The third kappa shape index (κ3) is 1.89. The van der Waals surface area contributed by atoms with Crippen molar-refractivity contribution >= 4 is 5.78 Å². The van der Waals surface area contributed by atoms with Gasteiger partial charge in [-0.3, -0.25) is 4.79 Å². The van der Waals surface area contributed by atoms with E-state index in [1.54, 1.807) is 0 Å². The molecule has 1 atom stereocenters. The molecule has 0 radical (unpaired) electrons. The number of carbonyl (C=O) groups excluding carboxylic acids is 1. The van der Waals surface area contributed by atoms with Gasteiger partial charge >= 0.3 is 0 Å². The summed E-state index contributed by atoms with van der Waals surface area (Å²) in [5, 5.41) is 8.77. The van der Waals surface area contributed by atoms with E-state index in [9.17, 15) is 4.79 Å². The SMILES string of the molecule is COC1=CC(=CO)CC(OC)C1=O. The minimum absolute atomic E-state index is 0.185. The summed E-state index contributed by atoms with van der Waals surface area (Å²) in [5.74, 6) is 0.0361. The maximum Gasteiger partial charge on any atom is 0.226 e. The molecule has 0 heterocycles. The van der Waals surface area contributed by atoms with Gasteiger partial charge in [0.2, 0.25) is 5.78 Å². The average molecular weight is 184 g/mol. The van der Waals surface area contributed by atoms with Crippen molar-refractivity contribution in [3.63, 3.8) is 0 Å². The fourth-order valence-electron chi connectivity index (χ4n) is 1.20. The Morgan fingerprint density at radius 3 is 2.77 bits per heavy atom. The third-order valence-corrected chi connectivity index (χ3v) is 1.94. The van der Waals surface area contributed by atoms with E-state index >= 15 is 0 Å². The summed E-state index contributed by atoms with van der Waals surface area (Å²) >= 11 is 0. The van der Waals surface area contributed by atoms with Gasteiger partial charge in [-0.25, -0.2) is 0 Å². The molecule has 1 N–H and O–H groups in total. The van der Waals surface area contributed by atoms with Gasteiger partial charge in [0.05, 0.1) is 13.4 Å². The number of aliphatic hydroxyl groups excluding tert-OH is 1. The molecular formula is C9H12O4. The van der Waals surface area contributed by atoms with Crippen molar-refractivity contribution in [3.8, 4) is 0 Å². The molecule has 0 saturated heterocycles. The molecule has 4 nitrogen and oxygen atoms in total. The van der Waals surface area contributed by atoms with Gasteiger partial charge in [0.1, 0.15) is 6.10 Å². The van der Waals surface area contributed by atoms with E-state index in [0.717, 1.165) is 6.26 Å². The number of rotatable bonds is 2. The number of carbonyl (C=O) groups is 1. The molecule has 0 spiro atoms. The zero-order chi connectivity index (χ0) is 9.84. The molecular weight excluding hydrogens is 172 g/mol. The van der Waals surface area contributed by atoms with Crippen molar-refractivity contribution < 1.29 is 19.4 Å². The van der Waals surface area contributed by atoms with Crippen molar-refractivity contribution in [1.29, 1.82) is 0 Å². The number of allylic oxidation sites excluding steroid dienone is 1. The van der Waals surface area contributed by atoms with Crippen molar-refractivity contribution in [3.05, 3.63) is 23.7 Å². The summed E-state index contributed by atoms with van der Waals surface area (Å²) in [5.41, 5.74) is 0.628. The zero-order valence-corrected chi connectivity index (χ0v) is 7.61. The first-order valence-electron chi connectivity index (χ1n) is 3.89. The summed E-state index contributed by atoms with van der Waals surface area (Å²) < 4.78 is 9.79. The van der Waals surface area contributed by atoms with Crippen LogP contribution in [0, 0.1) is 0 Å². The van der Waals surface area contributed by atoms with Gasteiger partial charge in [0.15, 0.2) is 5.76 Å². The molecule has 1 aliphatic carbocycles. The van der Waals surface area contributed by atoms with Crippen LogP contribution in [0.25, 0.3) is 0 Å². The molecule has 1 aliphatic rings. The molecule has 1 rings (SSSR count). The fraction of sp³-hybridized carbons (Fsp3) is 0.444. The van der Waals surface area contributed by atoms with Crippen molar-refractivity contribution in [2.45, 2.75) is 12.5 Å². The van der Waals surface area contributed by atoms with Crippen LogP contribution in [0.1, 0.15) is 6.42 Å². The summed E-state index contributed by atoms with van der Waals surface area (Å²) in [6.07, 6.45) is 2.31. The lowest BCUT2D eigenvalue weighted by Crippen LogP contribution is -2.29. The Kier molecular flexibility index (Phi) is 3.08. The van der Waals surface area contributed by atoms with Crippen LogP contribution in [0.15, 0.2) is 23.7 Å². The number of ether oxygens (including phenoxy) is 2. The highest BCUT2D eigenvalue weighted by molar-refractivity contribution is 5.99. The second kappa shape index (κ2) is 4.09. The summed E-state index contributed by atoms with van der Waals surface area (Å²) in [6.45, 7) is 0. The highest BCUT2D eigenvalue weighted by atomic mass is 16.5. The number of ketones is 1. The number of Topliss-reactive ketones (excluding diaryl/α,β-unsaturated/α-hetero) is 1. The van der Waals surface area contributed by atoms with E-state index in [-0.39, 0.29) is 11.5 Å². The van der Waals surface area contributed by atoms with Gasteiger partial charge in [-0.1, -0.05) is 0 Å². The Hall–Kier alpha value is -1.29. The van der Waals surface area contributed by atoms with Gasteiger partial charge in [-0.15, -0.1) is 0 Å². The van der Waals surface area contributed by atoms with Crippen LogP contribution in [0.3, 0.4) is 0 Å². The Bertz CT molecular complexity index is 265. The van der Waals surface area contributed by atoms with Crippen molar-refractivity contribution in [1.82, 2.24) is 0 Å². The molecule has 4 heteroatoms. The van der Waals surface area contributed by atoms with Gasteiger partial charge in [0.25, 0.3) is 0 Å². The van der Waals surface area contributed by atoms with Gasteiger partial charge < -0.3 is 14.6 Å². The minimum atomic E-state index is -0.543. The van der Waals surface area contributed by atoms with Crippen LogP contribution in [0.2, 0.25) is 0 Å². The predicted molar refractivity (Wildman–Crippen MR) is 46.2 cm³/mol. The lowest BCUT2D eigenvalue weighted by Gasteiger charge is -2.20. The number of hydrogen-bond acceptors (Lipinski definition) is 4. The zero-order valence-electron chi connectivity index (χ0n) is 7.61. The van der Waals surface area contributed by atoms with Gasteiger partial charge in [0, 0.05) is 13.5 Å². The monoisotopic (exact) mass is 184 g/mol. The molecule has 0 aromatic heterocycles. The molecule has 0 aromatic rings. The van der Waals surface area contributed by atoms with Crippen molar-refractivity contribution in [2.24, 2.45) is 0 Å². The maximum atomic E-state index is 11.4. The predicted octanol–water partition coefficient (Wildman–Crippen LogP) is 0.946. The first-order valence-corrected chi connectivity index (χ1v) is 3.89. The quantitative estimate of drug-likeness (QED) is 0.649. The van der Waals surface area contributed by atoms with Gasteiger partial charge in [-0.2, -0.15) is 0 Å². The second-order valence-electron chi connectivity index (χ2n) is 2.71. The number of methoxy groups -OCH3 is 2. The van der Waals surface area contributed by atoms with Crippen molar-refractivity contribution in [2.75, 3.05) is 14.2 Å². The highest BCUT2D eigenvalue weighted by Crippen LogP contribution is 2.21. The van der Waals surface area contributed by atoms with Crippen LogP contribution < -0.4 is 0 Å². The lowest BCUT2D eigenvalue weighted by atomic mass is 9.97. The van der Waals surface area contributed by atoms with E-state index < -0.39 is 6.10 Å². The largest absolute Gasteiger partial charge is 0.515 e. The van der Waals surface area contributed by atoms with E-state index in [0.29, 0.717) is 12.0 Å². The summed E-state index contributed by atoms with van der Waals surface area (Å²) in [7, 11) is 2.87. The molecule has 0 fully saturated rings. The van der Waals surface area contributed by atoms with Crippen LogP contribution >= 0.6 is 0 Å².